The maximum atomic E-state index is 12.2. The number of hydrogen-bond acceptors (Lipinski definition) is 4. The summed E-state index contributed by atoms with van der Waals surface area (Å²) in [5, 5.41) is 0. The van der Waals surface area contributed by atoms with Gasteiger partial charge in [0.15, 0.2) is 5.75 Å². The molecule has 1 amide bonds. The van der Waals surface area contributed by atoms with Gasteiger partial charge in [-0.2, -0.15) is 0 Å². The number of amides is 1. The lowest BCUT2D eigenvalue weighted by Gasteiger charge is -2.19. The Hall–Kier alpha value is -1.63. The van der Waals surface area contributed by atoms with Gasteiger partial charge < -0.3 is 14.6 Å². The van der Waals surface area contributed by atoms with Crippen LogP contribution < -0.4 is 10.2 Å². The normalized spacial score (nSPS) is 16.5. The molecule has 1 aliphatic heterocycles. The van der Waals surface area contributed by atoms with Crippen LogP contribution in [0.2, 0.25) is 0 Å². The average molecular weight is 354 g/mol. The maximum Gasteiger partial charge on any atom is 0.235 e. The Morgan fingerprint density at radius 1 is 1.29 bits per heavy atom. The Kier molecular flexibility index (Phi) is 7.49. The van der Waals surface area contributed by atoms with Crippen molar-refractivity contribution in [2.75, 3.05) is 25.4 Å². The molecular weight excluding hydrogens is 328 g/mol. The molecule has 1 aromatic heterocycles. The van der Waals surface area contributed by atoms with Gasteiger partial charge in [0.25, 0.3) is 0 Å². The maximum absolute atomic E-state index is 12.2. The summed E-state index contributed by atoms with van der Waals surface area (Å²) in [5.41, 5.74) is 0.332. The molecule has 0 bridgehead atoms. The second kappa shape index (κ2) is 9.61. The summed E-state index contributed by atoms with van der Waals surface area (Å²) in [6, 6.07) is 1.40. The van der Waals surface area contributed by atoms with E-state index in [1.54, 1.807) is 0 Å². The third-order valence-electron chi connectivity index (χ3n) is 3.96. The highest BCUT2D eigenvalue weighted by molar-refractivity contribution is 7.84. The summed E-state index contributed by atoms with van der Waals surface area (Å²) < 4.78 is 17.6. The molecule has 1 N–H and O–H groups in total. The van der Waals surface area contributed by atoms with Crippen LogP contribution in [0.1, 0.15) is 44.7 Å². The Morgan fingerprint density at radius 2 is 2.00 bits per heavy atom. The van der Waals surface area contributed by atoms with Gasteiger partial charge in [0.2, 0.25) is 11.3 Å². The number of nitrogens with one attached hydrogen (secondary N) is 1. The van der Waals surface area contributed by atoms with Crippen LogP contribution in [0.3, 0.4) is 0 Å². The van der Waals surface area contributed by atoms with Gasteiger partial charge in [-0.05, 0) is 19.3 Å². The van der Waals surface area contributed by atoms with Gasteiger partial charge in [0.1, 0.15) is 5.75 Å². The van der Waals surface area contributed by atoms with Crippen molar-refractivity contribution in [1.29, 1.82) is 0 Å². The van der Waals surface area contributed by atoms with Gasteiger partial charge in [0.05, 0.1) is 12.4 Å². The molecule has 0 aliphatic carbocycles. The lowest BCUT2D eigenvalue weighted by molar-refractivity contribution is -0.128. The summed E-state index contributed by atoms with van der Waals surface area (Å²) in [5.74, 6) is 0.395. The molecule has 0 radical (unpaired) electrons. The van der Waals surface area contributed by atoms with Gasteiger partial charge in [0, 0.05) is 41.8 Å². The molecule has 2 heterocycles. The first-order chi connectivity index (χ1) is 11.6. The van der Waals surface area contributed by atoms with E-state index in [-0.39, 0.29) is 28.6 Å². The van der Waals surface area contributed by atoms with Crippen molar-refractivity contribution in [3.63, 3.8) is 0 Å². The fraction of sp³-hybridized carbons (Fsp3) is 0.647. The van der Waals surface area contributed by atoms with E-state index in [1.165, 1.54) is 12.3 Å². The summed E-state index contributed by atoms with van der Waals surface area (Å²) in [7, 11) is -1.33. The van der Waals surface area contributed by atoms with E-state index < -0.39 is 10.8 Å². The Bertz CT molecular complexity index is 621. The molecule has 24 heavy (non-hydrogen) atoms. The van der Waals surface area contributed by atoms with Gasteiger partial charge in [-0.1, -0.05) is 19.8 Å². The minimum atomic E-state index is -1.33. The number of rotatable bonds is 7. The summed E-state index contributed by atoms with van der Waals surface area (Å²) in [6.45, 7) is 3.97. The van der Waals surface area contributed by atoms with E-state index in [9.17, 15) is 13.8 Å². The van der Waals surface area contributed by atoms with Crippen LogP contribution in [0, 0.1) is 0 Å². The van der Waals surface area contributed by atoms with Gasteiger partial charge >= 0.3 is 0 Å². The van der Waals surface area contributed by atoms with E-state index in [4.69, 9.17) is 4.74 Å². The molecule has 6 nitrogen and oxygen atoms in total. The zero-order valence-electron chi connectivity index (χ0n) is 14.2. The van der Waals surface area contributed by atoms with Crippen LogP contribution in [-0.2, 0) is 21.3 Å². The number of ether oxygens (including phenoxy) is 1. The number of nitrogens with zero attached hydrogens (tertiary/aromatic N) is 1. The first-order valence-corrected chi connectivity index (χ1v) is 10.1. The first kappa shape index (κ1) is 18.7. The van der Waals surface area contributed by atoms with Crippen LogP contribution in [-0.4, -0.2) is 45.4 Å². The number of pyridine rings is 1. The van der Waals surface area contributed by atoms with Crippen molar-refractivity contribution >= 4 is 16.7 Å². The van der Waals surface area contributed by atoms with E-state index in [2.05, 4.69) is 4.98 Å². The predicted molar refractivity (Wildman–Crippen MR) is 94.6 cm³/mol. The number of aromatic nitrogens is 1. The summed E-state index contributed by atoms with van der Waals surface area (Å²) in [6.07, 6.45) is 6.67. The van der Waals surface area contributed by atoms with Crippen molar-refractivity contribution in [2.45, 2.75) is 44.8 Å². The van der Waals surface area contributed by atoms with Crippen molar-refractivity contribution in [3.8, 4) is 5.75 Å². The molecule has 0 saturated carbocycles. The van der Waals surface area contributed by atoms with Crippen molar-refractivity contribution in [1.82, 2.24) is 9.88 Å². The molecule has 1 aliphatic rings. The smallest absolute Gasteiger partial charge is 0.235 e. The van der Waals surface area contributed by atoms with E-state index in [0.717, 1.165) is 45.2 Å². The first-order valence-electron chi connectivity index (χ1n) is 8.57. The molecular formula is C17H26N2O4S. The zero-order chi connectivity index (χ0) is 17.4. The molecule has 2 rings (SSSR count). The number of likely N-dealkylation sites (tertiary alicyclic amines) is 1. The predicted octanol–water partition coefficient (Wildman–Crippen LogP) is 1.81. The second-order valence-electron chi connectivity index (χ2n) is 6.06. The quantitative estimate of drug-likeness (QED) is 0.810. The number of hydrogen-bond donors (Lipinski definition) is 1. The van der Waals surface area contributed by atoms with Crippen LogP contribution in [0.25, 0.3) is 0 Å². The second-order valence-corrected chi connectivity index (χ2v) is 7.52. The minimum absolute atomic E-state index is 0.0100. The van der Waals surface area contributed by atoms with Crippen molar-refractivity contribution in [3.05, 3.63) is 28.2 Å². The molecule has 7 heteroatoms. The summed E-state index contributed by atoms with van der Waals surface area (Å²) >= 11 is 0. The number of H-pyrrole nitrogens is 1. The lowest BCUT2D eigenvalue weighted by atomic mass is 10.2. The monoisotopic (exact) mass is 354 g/mol. The van der Waals surface area contributed by atoms with Crippen LogP contribution in [0.5, 0.6) is 5.75 Å². The van der Waals surface area contributed by atoms with Crippen molar-refractivity contribution < 1.29 is 13.7 Å². The Balaban J connectivity index is 1.88. The Labute approximate surface area is 145 Å². The number of carbonyl (C=O) groups is 1. The number of aromatic amines is 1. The van der Waals surface area contributed by atoms with Gasteiger partial charge in [-0.15, -0.1) is 0 Å². The molecule has 1 fully saturated rings. The third-order valence-corrected chi connectivity index (χ3v) is 5.16. The Morgan fingerprint density at radius 3 is 2.62 bits per heavy atom. The van der Waals surface area contributed by atoms with Crippen molar-refractivity contribution in [2.24, 2.45) is 0 Å². The minimum Gasteiger partial charge on any atom is -0.488 e. The van der Waals surface area contributed by atoms with Crippen LogP contribution >= 0.6 is 0 Å². The molecule has 1 aromatic rings. The van der Waals surface area contributed by atoms with Crippen LogP contribution in [0.4, 0.5) is 0 Å². The average Bonchev–Trinajstić information content (AvgIpc) is 2.83. The molecule has 1 atom stereocenters. The largest absolute Gasteiger partial charge is 0.488 e. The highest BCUT2D eigenvalue weighted by atomic mass is 32.2. The third kappa shape index (κ3) is 5.78. The molecule has 1 saturated heterocycles. The lowest BCUT2D eigenvalue weighted by Crippen LogP contribution is -2.35. The van der Waals surface area contributed by atoms with Crippen LogP contribution in [0.15, 0.2) is 17.1 Å². The number of carbonyl (C=O) groups excluding carboxylic acids is 1. The summed E-state index contributed by atoms with van der Waals surface area (Å²) in [4.78, 5) is 28.9. The molecule has 134 valence electrons. The zero-order valence-corrected chi connectivity index (χ0v) is 15.0. The molecule has 0 spiro atoms. The van der Waals surface area contributed by atoms with E-state index in [0.29, 0.717) is 12.3 Å². The molecule has 0 aromatic carbocycles. The fourth-order valence-corrected chi connectivity index (χ4v) is 3.76. The SMILES string of the molecule is CCCOc1c[nH]c(CS(=O)CC(=O)N2CCCCCC2)cc1=O. The highest BCUT2D eigenvalue weighted by Gasteiger charge is 2.18. The standard InChI is InChI=1S/C17H26N2O4S/c1-2-9-23-16-11-18-14(10-15(16)20)12-24(22)13-17(21)19-7-5-3-4-6-8-19/h10-11H,2-9,12-13H2,1H3,(H,18,20). The molecule has 1 unspecified atom stereocenters. The van der Waals surface area contributed by atoms with E-state index >= 15 is 0 Å². The van der Waals surface area contributed by atoms with Gasteiger partial charge in [-0.3, -0.25) is 13.8 Å². The van der Waals surface area contributed by atoms with Gasteiger partial charge in [-0.25, -0.2) is 0 Å². The topological polar surface area (TPSA) is 79.5 Å². The fourth-order valence-electron chi connectivity index (χ4n) is 2.68. The highest BCUT2D eigenvalue weighted by Crippen LogP contribution is 2.11. The van der Waals surface area contributed by atoms with E-state index in [1.807, 2.05) is 11.8 Å².